The first kappa shape index (κ1) is 17.2. The molecule has 3 aromatic carbocycles. The Morgan fingerprint density at radius 3 is 2.38 bits per heavy atom. The van der Waals surface area contributed by atoms with Crippen LogP contribution in [0, 0.1) is 10.1 Å². The third-order valence-corrected chi connectivity index (χ3v) is 3.82. The van der Waals surface area contributed by atoms with Crippen LogP contribution in [0.4, 0.5) is 21.9 Å². The number of nitrogens with one attached hydrogen (secondary N) is 2. The van der Waals surface area contributed by atoms with Crippen LogP contribution >= 0.6 is 0 Å². The van der Waals surface area contributed by atoms with E-state index in [-0.39, 0.29) is 5.69 Å². The second kappa shape index (κ2) is 7.94. The number of nitro groups is 1. The molecule has 0 aliphatic carbocycles. The van der Waals surface area contributed by atoms with E-state index >= 15 is 0 Å². The average Bonchev–Trinajstić information content (AvgIpc) is 2.64. The van der Waals surface area contributed by atoms with Gasteiger partial charge in [0.25, 0.3) is 5.69 Å². The first-order valence-corrected chi connectivity index (χ1v) is 8.06. The molecule has 2 N–H and O–H groups in total. The Morgan fingerprint density at radius 2 is 1.62 bits per heavy atom. The molecule has 0 bridgehead atoms. The summed E-state index contributed by atoms with van der Waals surface area (Å²) in [5.41, 5.74) is 3.09. The van der Waals surface area contributed by atoms with Gasteiger partial charge in [0.15, 0.2) is 0 Å². The molecule has 3 rings (SSSR count). The minimum Gasteiger partial charge on any atom is -0.307 e. The maximum absolute atomic E-state index is 12.3. The lowest BCUT2D eigenvalue weighted by Gasteiger charge is -2.12. The second-order valence-corrected chi connectivity index (χ2v) is 5.71. The van der Waals surface area contributed by atoms with Gasteiger partial charge in [-0.1, -0.05) is 54.6 Å². The number of anilines is 2. The Hall–Kier alpha value is -3.67. The third kappa shape index (κ3) is 4.45. The number of para-hydroxylation sites is 1. The number of rotatable bonds is 5. The number of nitro benzene ring substituents is 1. The molecule has 6 nitrogen and oxygen atoms in total. The lowest BCUT2D eigenvalue weighted by molar-refractivity contribution is -0.384. The van der Waals surface area contributed by atoms with Gasteiger partial charge in [-0.25, -0.2) is 4.79 Å². The van der Waals surface area contributed by atoms with Gasteiger partial charge < -0.3 is 10.6 Å². The predicted octanol–water partition coefficient (Wildman–Crippen LogP) is 4.83. The van der Waals surface area contributed by atoms with Crippen molar-refractivity contribution in [3.8, 4) is 0 Å². The highest BCUT2D eigenvalue weighted by molar-refractivity contribution is 6.00. The Labute approximate surface area is 150 Å². The summed E-state index contributed by atoms with van der Waals surface area (Å²) in [4.78, 5) is 22.6. The Morgan fingerprint density at radius 1 is 0.885 bits per heavy atom. The molecule has 0 unspecified atom stereocenters. The molecule has 0 heterocycles. The van der Waals surface area contributed by atoms with E-state index in [2.05, 4.69) is 10.6 Å². The summed E-state index contributed by atoms with van der Waals surface area (Å²) < 4.78 is 0. The summed E-state index contributed by atoms with van der Waals surface area (Å²) in [6, 6.07) is 22.9. The van der Waals surface area contributed by atoms with Crippen molar-refractivity contribution in [2.75, 3.05) is 10.6 Å². The Kier molecular flexibility index (Phi) is 5.24. The molecule has 0 saturated heterocycles. The van der Waals surface area contributed by atoms with Gasteiger partial charge in [-0.2, -0.15) is 0 Å². The number of amides is 2. The van der Waals surface area contributed by atoms with Crippen LogP contribution in [-0.2, 0) is 6.42 Å². The summed E-state index contributed by atoms with van der Waals surface area (Å²) in [6.07, 6.45) is 0.689. The number of carbonyl (C=O) groups is 1. The largest absolute Gasteiger partial charge is 0.323 e. The van der Waals surface area contributed by atoms with E-state index in [1.807, 2.05) is 54.6 Å². The molecule has 6 heteroatoms. The molecule has 0 atom stereocenters. The van der Waals surface area contributed by atoms with Crippen LogP contribution in [0.2, 0.25) is 0 Å². The van der Waals surface area contributed by atoms with Crippen molar-refractivity contribution in [3.05, 3.63) is 100 Å². The van der Waals surface area contributed by atoms with E-state index in [1.54, 1.807) is 6.07 Å². The predicted molar refractivity (Wildman–Crippen MR) is 101 cm³/mol. The monoisotopic (exact) mass is 347 g/mol. The standard InChI is InChI=1S/C20H17N3O3/c24-20(21-17-10-6-11-18(14-17)23(25)26)22-19-12-5-4-9-16(19)13-15-7-2-1-3-8-15/h1-12,14H,13H2,(H2,21,22,24). The van der Waals surface area contributed by atoms with Gasteiger partial charge in [-0.15, -0.1) is 0 Å². The van der Waals surface area contributed by atoms with Crippen LogP contribution in [0.5, 0.6) is 0 Å². The highest BCUT2D eigenvalue weighted by Gasteiger charge is 2.10. The molecule has 0 radical (unpaired) electrons. The molecule has 0 fully saturated rings. The number of urea groups is 1. The molecular weight excluding hydrogens is 330 g/mol. The zero-order valence-electron chi connectivity index (χ0n) is 13.9. The molecule has 2 amide bonds. The van der Waals surface area contributed by atoms with Gasteiger partial charge in [-0.3, -0.25) is 10.1 Å². The fraction of sp³-hybridized carbons (Fsp3) is 0.0500. The zero-order chi connectivity index (χ0) is 18.4. The van der Waals surface area contributed by atoms with Crippen LogP contribution in [0.15, 0.2) is 78.9 Å². The maximum Gasteiger partial charge on any atom is 0.323 e. The molecule has 0 aliphatic rings. The van der Waals surface area contributed by atoms with Crippen molar-refractivity contribution >= 4 is 23.1 Å². The van der Waals surface area contributed by atoms with Crippen LogP contribution < -0.4 is 10.6 Å². The van der Waals surface area contributed by atoms with Gasteiger partial charge >= 0.3 is 6.03 Å². The quantitative estimate of drug-likeness (QED) is 0.512. The molecule has 26 heavy (non-hydrogen) atoms. The van der Waals surface area contributed by atoms with Crippen LogP contribution in [0.3, 0.4) is 0 Å². The normalized spacial score (nSPS) is 10.2. The van der Waals surface area contributed by atoms with Crippen LogP contribution in [0.1, 0.15) is 11.1 Å². The first-order chi connectivity index (χ1) is 12.6. The second-order valence-electron chi connectivity index (χ2n) is 5.71. The number of hydrogen-bond donors (Lipinski definition) is 2. The van der Waals surface area contributed by atoms with E-state index in [9.17, 15) is 14.9 Å². The van der Waals surface area contributed by atoms with Gasteiger partial charge in [0, 0.05) is 23.5 Å². The van der Waals surface area contributed by atoms with Crippen molar-refractivity contribution in [1.29, 1.82) is 0 Å². The van der Waals surface area contributed by atoms with Gasteiger partial charge in [0.1, 0.15) is 0 Å². The Bertz CT molecular complexity index is 926. The zero-order valence-corrected chi connectivity index (χ0v) is 13.9. The topological polar surface area (TPSA) is 84.3 Å². The third-order valence-electron chi connectivity index (χ3n) is 3.82. The van der Waals surface area contributed by atoms with E-state index in [4.69, 9.17) is 0 Å². The molecule has 0 aliphatic heterocycles. The molecule has 0 spiro atoms. The minimum atomic E-state index is -0.502. The fourth-order valence-corrected chi connectivity index (χ4v) is 2.59. The first-order valence-electron chi connectivity index (χ1n) is 8.06. The lowest BCUT2D eigenvalue weighted by atomic mass is 10.0. The molecule has 130 valence electrons. The maximum atomic E-state index is 12.3. The SMILES string of the molecule is O=C(Nc1cccc([N+](=O)[O-])c1)Nc1ccccc1Cc1ccccc1. The van der Waals surface area contributed by atoms with Crippen molar-refractivity contribution in [3.63, 3.8) is 0 Å². The average molecular weight is 347 g/mol. The van der Waals surface area contributed by atoms with Crippen LogP contribution in [0.25, 0.3) is 0 Å². The summed E-state index contributed by atoms with van der Waals surface area (Å²) in [7, 11) is 0. The molecular formula is C20H17N3O3. The van der Waals surface area contributed by atoms with E-state index in [1.165, 1.54) is 18.2 Å². The lowest BCUT2D eigenvalue weighted by Crippen LogP contribution is -2.20. The minimum absolute atomic E-state index is 0.0766. The molecule has 0 aromatic heterocycles. The smallest absolute Gasteiger partial charge is 0.307 e. The summed E-state index contributed by atoms with van der Waals surface area (Å²) in [5.74, 6) is 0. The van der Waals surface area contributed by atoms with E-state index in [0.29, 0.717) is 17.8 Å². The van der Waals surface area contributed by atoms with Crippen molar-refractivity contribution in [1.82, 2.24) is 0 Å². The summed E-state index contributed by atoms with van der Waals surface area (Å²) >= 11 is 0. The number of nitrogens with zero attached hydrogens (tertiary/aromatic N) is 1. The summed E-state index contributed by atoms with van der Waals surface area (Å²) in [5, 5.41) is 16.3. The summed E-state index contributed by atoms with van der Waals surface area (Å²) in [6.45, 7) is 0. The van der Waals surface area contributed by atoms with Crippen molar-refractivity contribution < 1.29 is 9.72 Å². The van der Waals surface area contributed by atoms with Crippen molar-refractivity contribution in [2.24, 2.45) is 0 Å². The van der Waals surface area contributed by atoms with Crippen molar-refractivity contribution in [2.45, 2.75) is 6.42 Å². The van der Waals surface area contributed by atoms with Gasteiger partial charge in [0.05, 0.1) is 4.92 Å². The number of carbonyl (C=O) groups excluding carboxylic acids is 1. The fourth-order valence-electron chi connectivity index (χ4n) is 2.59. The van der Waals surface area contributed by atoms with Gasteiger partial charge in [0.2, 0.25) is 0 Å². The number of hydrogen-bond acceptors (Lipinski definition) is 3. The number of non-ortho nitro benzene ring substituents is 1. The van der Waals surface area contributed by atoms with E-state index < -0.39 is 11.0 Å². The van der Waals surface area contributed by atoms with Gasteiger partial charge in [-0.05, 0) is 29.7 Å². The van der Waals surface area contributed by atoms with E-state index in [0.717, 1.165) is 11.1 Å². The highest BCUT2D eigenvalue weighted by Crippen LogP contribution is 2.21. The number of benzene rings is 3. The highest BCUT2D eigenvalue weighted by atomic mass is 16.6. The van der Waals surface area contributed by atoms with Crippen LogP contribution in [-0.4, -0.2) is 11.0 Å². The molecule has 3 aromatic rings. The molecule has 0 saturated carbocycles. The Balaban J connectivity index is 1.72.